The molecule has 6 nitrogen and oxygen atoms in total. The van der Waals surface area contributed by atoms with Crippen molar-refractivity contribution in [1.82, 2.24) is 9.47 Å². The fourth-order valence-corrected chi connectivity index (χ4v) is 5.17. The third-order valence-electron chi connectivity index (χ3n) is 7.18. The zero-order chi connectivity index (χ0) is 24.9. The van der Waals surface area contributed by atoms with Crippen LogP contribution in [-0.2, 0) is 13.0 Å². The number of piperidine rings is 1. The van der Waals surface area contributed by atoms with Gasteiger partial charge < -0.3 is 24.7 Å². The van der Waals surface area contributed by atoms with Gasteiger partial charge in [0.05, 0.1) is 7.11 Å². The van der Waals surface area contributed by atoms with Crippen molar-refractivity contribution in [3.63, 3.8) is 0 Å². The fraction of sp³-hybridized carbons (Fsp3) is 0.300. The van der Waals surface area contributed by atoms with Crippen molar-refractivity contribution in [2.75, 3.05) is 26.7 Å². The molecule has 1 fully saturated rings. The van der Waals surface area contributed by atoms with Crippen LogP contribution in [0.3, 0.4) is 0 Å². The van der Waals surface area contributed by atoms with E-state index in [4.69, 9.17) is 15.2 Å². The molecule has 2 heterocycles. The van der Waals surface area contributed by atoms with Crippen LogP contribution in [0.25, 0.3) is 10.9 Å². The number of aromatic nitrogens is 1. The van der Waals surface area contributed by atoms with E-state index in [9.17, 15) is 4.79 Å². The number of fused-ring (bicyclic) bond motifs is 1. The Morgan fingerprint density at radius 2 is 1.75 bits per heavy atom. The number of amides is 1. The largest absolute Gasteiger partial charge is 0.496 e. The summed E-state index contributed by atoms with van der Waals surface area (Å²) in [6.45, 7) is 3.53. The molecule has 0 bridgehead atoms. The number of hydrogen-bond acceptors (Lipinski definition) is 4. The van der Waals surface area contributed by atoms with Gasteiger partial charge in [-0.15, -0.1) is 0 Å². The molecule has 186 valence electrons. The van der Waals surface area contributed by atoms with Gasteiger partial charge in [0, 0.05) is 48.5 Å². The van der Waals surface area contributed by atoms with Crippen molar-refractivity contribution in [1.29, 1.82) is 0 Å². The normalized spacial score (nSPS) is 14.7. The van der Waals surface area contributed by atoms with Crippen LogP contribution in [0.5, 0.6) is 11.5 Å². The van der Waals surface area contributed by atoms with Crippen molar-refractivity contribution in [3.8, 4) is 11.5 Å². The van der Waals surface area contributed by atoms with E-state index in [0.29, 0.717) is 18.2 Å². The van der Waals surface area contributed by atoms with E-state index < -0.39 is 0 Å². The van der Waals surface area contributed by atoms with Gasteiger partial charge in [-0.05, 0) is 60.5 Å². The van der Waals surface area contributed by atoms with Crippen LogP contribution in [0, 0.1) is 0 Å². The van der Waals surface area contributed by atoms with Gasteiger partial charge in [-0.2, -0.15) is 0 Å². The number of methoxy groups -OCH3 is 1. The molecule has 2 N–H and O–H groups in total. The molecule has 5 rings (SSSR count). The first-order valence-electron chi connectivity index (χ1n) is 12.6. The molecule has 1 amide bonds. The summed E-state index contributed by atoms with van der Waals surface area (Å²) in [6, 6.07) is 24.5. The summed E-state index contributed by atoms with van der Waals surface area (Å²) in [6.07, 6.45) is 5.13. The molecular formula is C30H33N3O3. The highest BCUT2D eigenvalue weighted by molar-refractivity contribution is 5.97. The molecule has 1 aliphatic rings. The number of ether oxygens (including phenoxy) is 2. The number of carbonyl (C=O) groups is 1. The quantitative estimate of drug-likeness (QED) is 0.355. The van der Waals surface area contributed by atoms with Gasteiger partial charge in [0.15, 0.2) is 0 Å². The average molecular weight is 484 g/mol. The average Bonchev–Trinajstić information content (AvgIpc) is 3.35. The molecule has 1 saturated heterocycles. The predicted molar refractivity (Wildman–Crippen MR) is 143 cm³/mol. The van der Waals surface area contributed by atoms with Crippen molar-refractivity contribution in [2.45, 2.75) is 31.9 Å². The highest BCUT2D eigenvalue weighted by atomic mass is 16.5. The minimum atomic E-state index is -0.386. The molecule has 0 spiro atoms. The second-order valence-corrected chi connectivity index (χ2v) is 9.39. The van der Waals surface area contributed by atoms with Gasteiger partial charge in [0.1, 0.15) is 18.1 Å². The number of benzene rings is 3. The van der Waals surface area contributed by atoms with Crippen LogP contribution < -0.4 is 15.2 Å². The number of carbonyl (C=O) groups excluding carboxylic acids is 1. The van der Waals surface area contributed by atoms with E-state index in [2.05, 4.69) is 33.9 Å². The van der Waals surface area contributed by atoms with E-state index in [1.807, 2.05) is 48.5 Å². The maximum absolute atomic E-state index is 11.7. The molecular weight excluding hydrogens is 450 g/mol. The van der Waals surface area contributed by atoms with Crippen molar-refractivity contribution in [3.05, 3.63) is 95.7 Å². The van der Waals surface area contributed by atoms with Crippen LogP contribution in [0.2, 0.25) is 0 Å². The zero-order valence-corrected chi connectivity index (χ0v) is 20.7. The van der Waals surface area contributed by atoms with Crippen molar-refractivity contribution >= 4 is 16.8 Å². The van der Waals surface area contributed by atoms with Gasteiger partial charge in [0.25, 0.3) is 0 Å². The SMILES string of the molecule is COc1cccc(OCc2ccccc2)c1CCN1CCC(n2ccc3ccc(C(N)=O)cc32)CC1. The molecule has 0 atom stereocenters. The Morgan fingerprint density at radius 3 is 2.50 bits per heavy atom. The van der Waals surface area contributed by atoms with Gasteiger partial charge in [-0.25, -0.2) is 0 Å². The summed E-state index contributed by atoms with van der Waals surface area (Å²) >= 11 is 0. The van der Waals surface area contributed by atoms with E-state index in [1.54, 1.807) is 13.2 Å². The van der Waals surface area contributed by atoms with E-state index in [-0.39, 0.29) is 5.91 Å². The smallest absolute Gasteiger partial charge is 0.248 e. The first-order valence-corrected chi connectivity index (χ1v) is 12.6. The molecule has 0 aliphatic carbocycles. The number of rotatable bonds is 9. The molecule has 3 aromatic carbocycles. The number of nitrogens with two attached hydrogens (primary N) is 1. The van der Waals surface area contributed by atoms with Crippen LogP contribution in [-0.4, -0.2) is 42.1 Å². The summed E-state index contributed by atoms with van der Waals surface area (Å²) in [5.41, 5.74) is 9.41. The van der Waals surface area contributed by atoms with Crippen molar-refractivity contribution in [2.24, 2.45) is 5.73 Å². The van der Waals surface area contributed by atoms with Gasteiger partial charge in [-0.3, -0.25) is 4.79 Å². The predicted octanol–water partition coefficient (Wildman–Crippen LogP) is 5.21. The minimum absolute atomic E-state index is 0.386. The lowest BCUT2D eigenvalue weighted by Gasteiger charge is -2.33. The third kappa shape index (κ3) is 5.24. The molecule has 1 aromatic heterocycles. The maximum atomic E-state index is 11.7. The standard InChI is InChI=1S/C30H33N3O3/c1-35-28-8-5-9-29(36-21-22-6-3-2-4-7-22)26(28)15-18-32-16-13-25(14-17-32)33-19-12-23-10-11-24(30(31)34)20-27(23)33/h2-12,19-20,25H,13-18,21H2,1H3,(H2,31,34). The molecule has 0 unspecified atom stereocenters. The number of likely N-dealkylation sites (tertiary alicyclic amines) is 1. The van der Waals surface area contributed by atoms with E-state index in [0.717, 1.165) is 72.4 Å². The lowest BCUT2D eigenvalue weighted by atomic mass is 10.0. The summed E-state index contributed by atoms with van der Waals surface area (Å²) < 4.78 is 14.2. The zero-order valence-electron chi connectivity index (χ0n) is 20.7. The first-order chi connectivity index (χ1) is 17.6. The molecule has 1 aliphatic heterocycles. The Morgan fingerprint density at radius 1 is 0.972 bits per heavy atom. The Bertz CT molecular complexity index is 1320. The summed E-state index contributed by atoms with van der Waals surface area (Å²) in [5.74, 6) is 1.37. The number of nitrogens with zero attached hydrogens (tertiary/aromatic N) is 2. The topological polar surface area (TPSA) is 69.7 Å². The van der Waals surface area contributed by atoms with Gasteiger partial charge in [-0.1, -0.05) is 42.5 Å². The van der Waals surface area contributed by atoms with Crippen molar-refractivity contribution < 1.29 is 14.3 Å². The van der Waals surface area contributed by atoms with Crippen LogP contribution in [0.15, 0.2) is 79.0 Å². The minimum Gasteiger partial charge on any atom is -0.496 e. The molecule has 0 saturated carbocycles. The molecule has 4 aromatic rings. The Hall–Kier alpha value is -3.77. The van der Waals surface area contributed by atoms with Crippen LogP contribution in [0.1, 0.15) is 40.4 Å². The Kier molecular flexibility index (Phi) is 7.23. The summed E-state index contributed by atoms with van der Waals surface area (Å²) in [4.78, 5) is 14.2. The lowest BCUT2D eigenvalue weighted by Crippen LogP contribution is -2.36. The molecule has 36 heavy (non-hydrogen) atoms. The highest BCUT2D eigenvalue weighted by Crippen LogP contribution is 2.32. The number of primary amides is 1. The summed E-state index contributed by atoms with van der Waals surface area (Å²) in [5, 5.41) is 1.14. The summed E-state index contributed by atoms with van der Waals surface area (Å²) in [7, 11) is 1.72. The molecule has 6 heteroatoms. The molecule has 0 radical (unpaired) electrons. The Balaban J connectivity index is 1.22. The fourth-order valence-electron chi connectivity index (χ4n) is 5.17. The monoisotopic (exact) mass is 483 g/mol. The maximum Gasteiger partial charge on any atom is 0.248 e. The third-order valence-corrected chi connectivity index (χ3v) is 7.18. The Labute approximate surface area is 212 Å². The van der Waals surface area contributed by atoms with Gasteiger partial charge in [0.2, 0.25) is 5.91 Å². The highest BCUT2D eigenvalue weighted by Gasteiger charge is 2.22. The van der Waals surface area contributed by atoms with Gasteiger partial charge >= 0.3 is 0 Å². The second kappa shape index (κ2) is 10.9. The van der Waals surface area contributed by atoms with E-state index >= 15 is 0 Å². The van der Waals surface area contributed by atoms with Crippen LogP contribution in [0.4, 0.5) is 0 Å². The lowest BCUT2D eigenvalue weighted by molar-refractivity contribution is 0.100. The van der Waals surface area contributed by atoms with Crippen LogP contribution >= 0.6 is 0 Å². The number of hydrogen-bond donors (Lipinski definition) is 1. The first kappa shape index (κ1) is 23.9. The second-order valence-electron chi connectivity index (χ2n) is 9.39. The van der Waals surface area contributed by atoms with E-state index in [1.165, 1.54) is 0 Å².